The average molecular weight is 204 g/mol. The molecule has 1 aromatic heterocycles. The molecule has 1 aliphatic rings. The second-order valence-corrected chi connectivity index (χ2v) is 3.97. The highest BCUT2D eigenvalue weighted by Gasteiger charge is 2.17. The second kappa shape index (κ2) is 4.43. The van der Waals surface area contributed by atoms with Gasteiger partial charge in [0.1, 0.15) is 5.82 Å². The number of aromatic nitrogens is 1. The van der Waals surface area contributed by atoms with Crippen molar-refractivity contribution in [1.82, 2.24) is 4.98 Å². The van der Waals surface area contributed by atoms with Gasteiger partial charge in [-0.2, -0.15) is 0 Å². The molecule has 0 bridgehead atoms. The minimum atomic E-state index is 0.0943. The lowest BCUT2D eigenvalue weighted by atomic mass is 10.0. The van der Waals surface area contributed by atoms with E-state index < -0.39 is 0 Å². The SMILES string of the molecule is CC(=O)N1CCCCCc2cccnc21. The summed E-state index contributed by atoms with van der Waals surface area (Å²) < 4.78 is 0. The first kappa shape index (κ1) is 10.1. The lowest BCUT2D eigenvalue weighted by molar-refractivity contribution is -0.116. The fourth-order valence-corrected chi connectivity index (χ4v) is 2.04. The topological polar surface area (TPSA) is 33.2 Å². The summed E-state index contributed by atoms with van der Waals surface area (Å²) in [5, 5.41) is 0. The Hall–Kier alpha value is -1.38. The van der Waals surface area contributed by atoms with Gasteiger partial charge in [0, 0.05) is 19.7 Å². The Balaban J connectivity index is 2.38. The van der Waals surface area contributed by atoms with E-state index in [2.05, 4.69) is 11.1 Å². The van der Waals surface area contributed by atoms with Gasteiger partial charge in [-0.05, 0) is 30.9 Å². The monoisotopic (exact) mass is 204 g/mol. The third kappa shape index (κ3) is 2.17. The summed E-state index contributed by atoms with van der Waals surface area (Å²) in [6.45, 7) is 2.42. The average Bonchev–Trinajstić information content (AvgIpc) is 2.18. The third-order valence-electron chi connectivity index (χ3n) is 2.83. The molecular weight excluding hydrogens is 188 g/mol. The van der Waals surface area contributed by atoms with Crippen molar-refractivity contribution in [3.63, 3.8) is 0 Å². The second-order valence-electron chi connectivity index (χ2n) is 3.97. The van der Waals surface area contributed by atoms with Gasteiger partial charge in [-0.3, -0.25) is 9.69 Å². The molecule has 15 heavy (non-hydrogen) atoms. The third-order valence-corrected chi connectivity index (χ3v) is 2.83. The van der Waals surface area contributed by atoms with E-state index in [-0.39, 0.29) is 5.91 Å². The summed E-state index contributed by atoms with van der Waals surface area (Å²) in [7, 11) is 0. The van der Waals surface area contributed by atoms with Crippen molar-refractivity contribution >= 4 is 11.7 Å². The van der Waals surface area contributed by atoms with Gasteiger partial charge in [0.25, 0.3) is 0 Å². The quantitative estimate of drug-likeness (QED) is 0.648. The van der Waals surface area contributed by atoms with Crippen LogP contribution in [0.3, 0.4) is 0 Å². The number of anilines is 1. The Kier molecular flexibility index (Phi) is 2.99. The molecule has 1 aromatic rings. The molecule has 80 valence electrons. The Morgan fingerprint density at radius 1 is 1.40 bits per heavy atom. The lowest BCUT2D eigenvalue weighted by Gasteiger charge is -2.24. The van der Waals surface area contributed by atoms with Crippen molar-refractivity contribution in [3.05, 3.63) is 23.9 Å². The number of nitrogens with zero attached hydrogens (tertiary/aromatic N) is 2. The molecule has 2 rings (SSSR count). The fourth-order valence-electron chi connectivity index (χ4n) is 2.04. The van der Waals surface area contributed by atoms with Crippen LogP contribution in [-0.4, -0.2) is 17.4 Å². The molecule has 0 N–H and O–H groups in total. The van der Waals surface area contributed by atoms with Crippen LogP contribution in [0.4, 0.5) is 5.82 Å². The van der Waals surface area contributed by atoms with E-state index in [0.29, 0.717) is 0 Å². The summed E-state index contributed by atoms with van der Waals surface area (Å²) in [5.74, 6) is 0.960. The van der Waals surface area contributed by atoms with Crippen LogP contribution in [0.2, 0.25) is 0 Å². The molecule has 0 unspecified atom stereocenters. The van der Waals surface area contributed by atoms with Crippen molar-refractivity contribution < 1.29 is 4.79 Å². The largest absolute Gasteiger partial charge is 0.297 e. The van der Waals surface area contributed by atoms with Gasteiger partial charge in [0.15, 0.2) is 0 Å². The van der Waals surface area contributed by atoms with E-state index >= 15 is 0 Å². The minimum absolute atomic E-state index is 0.0943. The maximum absolute atomic E-state index is 11.5. The Bertz CT molecular complexity index is 362. The predicted octanol–water partition coefficient (Wildman–Crippen LogP) is 2.16. The van der Waals surface area contributed by atoms with Crippen molar-refractivity contribution in [2.75, 3.05) is 11.4 Å². The van der Waals surface area contributed by atoms with Crippen LogP contribution >= 0.6 is 0 Å². The molecular formula is C12H16N2O. The van der Waals surface area contributed by atoms with E-state index in [4.69, 9.17) is 0 Å². The molecule has 2 heterocycles. The predicted molar refractivity (Wildman–Crippen MR) is 59.8 cm³/mol. The highest BCUT2D eigenvalue weighted by atomic mass is 16.2. The lowest BCUT2D eigenvalue weighted by Crippen LogP contribution is -2.32. The smallest absolute Gasteiger partial charge is 0.225 e. The Morgan fingerprint density at radius 2 is 2.27 bits per heavy atom. The minimum Gasteiger partial charge on any atom is -0.297 e. The van der Waals surface area contributed by atoms with Crippen molar-refractivity contribution in [1.29, 1.82) is 0 Å². The number of pyridine rings is 1. The number of hydrogen-bond donors (Lipinski definition) is 0. The van der Waals surface area contributed by atoms with Crippen LogP contribution in [0.1, 0.15) is 31.7 Å². The maximum atomic E-state index is 11.5. The van der Waals surface area contributed by atoms with Gasteiger partial charge in [-0.1, -0.05) is 12.5 Å². The van der Waals surface area contributed by atoms with E-state index in [0.717, 1.165) is 25.2 Å². The Morgan fingerprint density at radius 3 is 3.07 bits per heavy atom. The molecule has 0 spiro atoms. The van der Waals surface area contributed by atoms with E-state index in [1.807, 2.05) is 6.07 Å². The molecule has 1 amide bonds. The molecule has 1 aliphatic heterocycles. The summed E-state index contributed by atoms with van der Waals surface area (Å²) in [4.78, 5) is 17.6. The molecule has 0 saturated carbocycles. The van der Waals surface area contributed by atoms with Gasteiger partial charge in [0.05, 0.1) is 0 Å². The highest BCUT2D eigenvalue weighted by molar-refractivity contribution is 5.91. The molecule has 0 saturated heterocycles. The van der Waals surface area contributed by atoms with Crippen molar-refractivity contribution in [2.24, 2.45) is 0 Å². The zero-order valence-corrected chi connectivity index (χ0v) is 9.07. The van der Waals surface area contributed by atoms with E-state index in [1.165, 1.54) is 18.4 Å². The molecule has 3 heteroatoms. The number of rotatable bonds is 0. The number of fused-ring (bicyclic) bond motifs is 1. The first-order valence-corrected chi connectivity index (χ1v) is 5.51. The van der Waals surface area contributed by atoms with Crippen molar-refractivity contribution in [3.8, 4) is 0 Å². The van der Waals surface area contributed by atoms with Crippen LogP contribution in [0.25, 0.3) is 0 Å². The molecule has 0 atom stereocenters. The summed E-state index contributed by atoms with van der Waals surface area (Å²) in [5.41, 5.74) is 1.20. The zero-order valence-electron chi connectivity index (χ0n) is 9.07. The number of carbonyl (C=O) groups excluding carboxylic acids is 1. The molecule has 3 nitrogen and oxygen atoms in total. The maximum Gasteiger partial charge on any atom is 0.225 e. The first-order valence-electron chi connectivity index (χ1n) is 5.51. The van der Waals surface area contributed by atoms with Crippen molar-refractivity contribution in [2.45, 2.75) is 32.6 Å². The number of hydrogen-bond acceptors (Lipinski definition) is 2. The summed E-state index contributed by atoms with van der Waals surface area (Å²) in [6, 6.07) is 4.02. The van der Waals surface area contributed by atoms with Gasteiger partial charge in [0.2, 0.25) is 5.91 Å². The standard InChI is InChI=1S/C12H16N2O/c1-10(15)14-9-4-2-3-6-11-7-5-8-13-12(11)14/h5,7-8H,2-4,6,9H2,1H3. The molecule has 0 radical (unpaired) electrons. The molecule has 0 fully saturated rings. The first-order chi connectivity index (χ1) is 7.29. The van der Waals surface area contributed by atoms with Crippen LogP contribution in [0.5, 0.6) is 0 Å². The number of amides is 1. The highest BCUT2D eigenvalue weighted by Crippen LogP contribution is 2.22. The van der Waals surface area contributed by atoms with Crippen LogP contribution in [-0.2, 0) is 11.2 Å². The normalized spacial score (nSPS) is 16.5. The van der Waals surface area contributed by atoms with Gasteiger partial charge < -0.3 is 0 Å². The number of aryl methyl sites for hydroxylation is 1. The van der Waals surface area contributed by atoms with Gasteiger partial charge in [-0.25, -0.2) is 4.98 Å². The molecule has 0 aromatic carbocycles. The fraction of sp³-hybridized carbons (Fsp3) is 0.500. The van der Waals surface area contributed by atoms with E-state index in [9.17, 15) is 4.79 Å². The summed E-state index contributed by atoms with van der Waals surface area (Å²) >= 11 is 0. The zero-order chi connectivity index (χ0) is 10.7. The molecule has 0 aliphatic carbocycles. The van der Waals surface area contributed by atoms with Gasteiger partial charge >= 0.3 is 0 Å². The van der Waals surface area contributed by atoms with E-state index in [1.54, 1.807) is 18.0 Å². The van der Waals surface area contributed by atoms with Crippen LogP contribution < -0.4 is 4.90 Å². The Labute approximate surface area is 90.1 Å². The summed E-state index contributed by atoms with van der Waals surface area (Å²) in [6.07, 6.45) is 6.27. The van der Waals surface area contributed by atoms with Gasteiger partial charge in [-0.15, -0.1) is 0 Å². The number of carbonyl (C=O) groups is 1. The van der Waals surface area contributed by atoms with Crippen LogP contribution in [0, 0.1) is 0 Å². The van der Waals surface area contributed by atoms with Crippen LogP contribution in [0.15, 0.2) is 18.3 Å².